The van der Waals surface area contributed by atoms with Crippen molar-refractivity contribution in [1.29, 1.82) is 0 Å². The Morgan fingerprint density at radius 2 is 1.97 bits per heavy atom. The molecular weight excluding hydrogens is 515 g/mol. The summed E-state index contributed by atoms with van der Waals surface area (Å²) in [5.41, 5.74) is 0.129. The van der Waals surface area contributed by atoms with Crippen molar-refractivity contribution in [3.8, 4) is 5.75 Å². The number of amides is 2. The molecule has 0 bridgehead atoms. The second-order valence-electron chi connectivity index (χ2n) is 10.1. The molecule has 39 heavy (non-hydrogen) atoms. The number of nitrogens with one attached hydrogen (secondary N) is 2. The minimum absolute atomic E-state index is 0.00130. The van der Waals surface area contributed by atoms with Crippen LogP contribution in [0.25, 0.3) is 0 Å². The first-order chi connectivity index (χ1) is 18.5. The maximum Gasteiger partial charge on any atom is 0.342 e. The first kappa shape index (κ1) is 28.4. The second-order valence-corrected chi connectivity index (χ2v) is 10.1. The number of methoxy groups -OCH3 is 1. The summed E-state index contributed by atoms with van der Waals surface area (Å²) in [6.45, 7) is 0.366. The van der Waals surface area contributed by atoms with E-state index in [-0.39, 0.29) is 40.5 Å². The molecule has 2 heterocycles. The average Bonchev–Trinajstić information content (AvgIpc) is 3.41. The Morgan fingerprint density at radius 3 is 2.64 bits per heavy atom. The first-order valence-corrected chi connectivity index (χ1v) is 12.9. The Balaban J connectivity index is 1.61. The molecule has 0 saturated heterocycles. The number of benzene rings is 1. The number of anilines is 4. The summed E-state index contributed by atoms with van der Waals surface area (Å²) >= 11 is 0. The van der Waals surface area contributed by atoms with E-state index in [1.807, 2.05) is 19.0 Å². The van der Waals surface area contributed by atoms with E-state index in [1.165, 1.54) is 31.3 Å². The van der Waals surface area contributed by atoms with Crippen molar-refractivity contribution in [1.82, 2.24) is 20.2 Å². The van der Waals surface area contributed by atoms with Crippen LogP contribution in [0.1, 0.15) is 42.5 Å². The molecule has 2 aliphatic rings. The number of alkyl halides is 2. The molecule has 1 aromatic carbocycles. The van der Waals surface area contributed by atoms with Gasteiger partial charge in [0, 0.05) is 25.7 Å². The van der Waals surface area contributed by atoms with E-state index < -0.39 is 30.1 Å². The van der Waals surface area contributed by atoms with Gasteiger partial charge in [0.05, 0.1) is 31.1 Å². The average molecular weight is 550 g/mol. The maximum absolute atomic E-state index is 15.0. The van der Waals surface area contributed by atoms with E-state index in [9.17, 15) is 22.8 Å². The van der Waals surface area contributed by atoms with Crippen LogP contribution >= 0.6 is 0 Å². The lowest BCUT2D eigenvalue weighted by Gasteiger charge is -2.31. The number of aromatic nitrogens is 2. The highest BCUT2D eigenvalue weighted by Crippen LogP contribution is 2.40. The highest BCUT2D eigenvalue weighted by Gasteiger charge is 2.48. The van der Waals surface area contributed by atoms with Crippen molar-refractivity contribution >= 4 is 35.0 Å². The van der Waals surface area contributed by atoms with Gasteiger partial charge in [0.15, 0.2) is 5.82 Å². The van der Waals surface area contributed by atoms with Crippen molar-refractivity contribution in [2.75, 3.05) is 63.0 Å². The number of carbonyl (C=O) groups excluding carboxylic acids is 2. The Morgan fingerprint density at radius 1 is 1.26 bits per heavy atom. The Kier molecular flexibility index (Phi) is 8.48. The van der Waals surface area contributed by atoms with Crippen molar-refractivity contribution in [2.24, 2.45) is 0 Å². The summed E-state index contributed by atoms with van der Waals surface area (Å²) in [5.74, 6) is -5.91. The maximum atomic E-state index is 15.0. The van der Waals surface area contributed by atoms with Gasteiger partial charge < -0.3 is 30.1 Å². The summed E-state index contributed by atoms with van der Waals surface area (Å²) < 4.78 is 50.0. The zero-order valence-corrected chi connectivity index (χ0v) is 22.6. The largest absolute Gasteiger partial charge is 0.495 e. The Hall–Kier alpha value is -3.61. The van der Waals surface area contributed by atoms with Crippen LogP contribution in [0.3, 0.4) is 0 Å². The van der Waals surface area contributed by atoms with Gasteiger partial charge in [-0.15, -0.1) is 0 Å². The highest BCUT2D eigenvalue weighted by atomic mass is 19.3. The molecule has 10 nitrogen and oxygen atoms in total. The van der Waals surface area contributed by atoms with Crippen LogP contribution in [0.15, 0.2) is 18.3 Å². The van der Waals surface area contributed by atoms with Crippen molar-refractivity contribution in [3.05, 3.63) is 29.7 Å². The fraction of sp³-hybridized carbons (Fsp3) is 0.538. The topological polar surface area (TPSA) is 103 Å². The quantitative estimate of drug-likeness (QED) is 0.459. The predicted molar refractivity (Wildman–Crippen MR) is 142 cm³/mol. The van der Waals surface area contributed by atoms with Gasteiger partial charge in [-0.3, -0.25) is 9.59 Å². The van der Waals surface area contributed by atoms with Gasteiger partial charge in [-0.1, -0.05) is 12.8 Å². The van der Waals surface area contributed by atoms with E-state index in [0.29, 0.717) is 25.8 Å². The van der Waals surface area contributed by atoms with E-state index in [2.05, 4.69) is 20.6 Å². The smallest absolute Gasteiger partial charge is 0.342 e. The van der Waals surface area contributed by atoms with Gasteiger partial charge in [-0.2, -0.15) is 13.8 Å². The van der Waals surface area contributed by atoms with Gasteiger partial charge in [0.1, 0.15) is 17.3 Å². The fourth-order valence-corrected chi connectivity index (χ4v) is 4.91. The third-order valence-corrected chi connectivity index (χ3v) is 6.98. The summed E-state index contributed by atoms with van der Waals surface area (Å²) in [4.78, 5) is 38.0. The molecule has 2 aromatic rings. The van der Waals surface area contributed by atoms with Gasteiger partial charge in [0.25, 0.3) is 11.8 Å². The van der Waals surface area contributed by atoms with E-state index in [0.717, 1.165) is 30.4 Å². The molecule has 1 saturated carbocycles. The van der Waals surface area contributed by atoms with Gasteiger partial charge in [-0.25, -0.2) is 9.37 Å². The summed E-state index contributed by atoms with van der Waals surface area (Å²) in [7, 11) is 6.49. The molecule has 1 aliphatic heterocycles. The molecule has 2 N–H and O–H groups in total. The molecule has 212 valence electrons. The van der Waals surface area contributed by atoms with E-state index >= 15 is 0 Å². The van der Waals surface area contributed by atoms with Crippen LogP contribution < -0.4 is 25.2 Å². The molecule has 1 aliphatic carbocycles. The highest BCUT2D eigenvalue weighted by molar-refractivity contribution is 6.02. The molecule has 0 atom stereocenters. The second kappa shape index (κ2) is 11.6. The molecule has 2 amide bonds. The van der Waals surface area contributed by atoms with Gasteiger partial charge in [0.2, 0.25) is 5.95 Å². The number of hydrogen-bond acceptors (Lipinski definition) is 8. The standard InChI is InChI=1S/C26H34F3N7O3/c1-34(2)11-7-10-30-23(37)17-12-21(39-4)19(13-18(17)27)32-25-31-14-20-22(33-25)36(16-8-5-6-9-16)15-26(28,29)24(38)35(20)3/h12-14,16H,5-11,15H2,1-4H3,(H,30,37)(H,31,32,33). The SMILES string of the molecule is COc1cc(C(=O)NCCCN(C)C)c(F)cc1Nc1ncc2c(n1)N(C1CCCC1)CC(F)(F)C(=O)N2C. The molecule has 1 fully saturated rings. The fourth-order valence-electron chi connectivity index (χ4n) is 4.91. The normalized spacial score (nSPS) is 17.3. The number of halogens is 3. The van der Waals surface area contributed by atoms with E-state index in [4.69, 9.17) is 4.74 Å². The molecule has 4 rings (SSSR count). The van der Waals surface area contributed by atoms with Crippen LogP contribution in [0, 0.1) is 5.82 Å². The number of rotatable bonds is 9. The molecular formula is C26H34F3N7O3. The van der Waals surface area contributed by atoms with Crippen LogP contribution in [0.2, 0.25) is 0 Å². The number of hydrogen-bond donors (Lipinski definition) is 2. The van der Waals surface area contributed by atoms with Crippen LogP contribution in [0.4, 0.5) is 36.3 Å². The Labute approximate surface area is 225 Å². The van der Waals surface area contributed by atoms with E-state index in [1.54, 1.807) is 0 Å². The van der Waals surface area contributed by atoms with Crippen LogP contribution in [0.5, 0.6) is 5.75 Å². The van der Waals surface area contributed by atoms with Crippen LogP contribution in [-0.4, -0.2) is 86.5 Å². The third kappa shape index (κ3) is 6.18. The lowest BCUT2D eigenvalue weighted by atomic mass is 10.1. The monoisotopic (exact) mass is 549 g/mol. The van der Waals surface area contributed by atoms with Crippen molar-refractivity contribution in [3.63, 3.8) is 0 Å². The molecule has 0 radical (unpaired) electrons. The molecule has 0 spiro atoms. The van der Waals surface area contributed by atoms with Crippen LogP contribution in [-0.2, 0) is 4.79 Å². The zero-order chi connectivity index (χ0) is 28.3. The number of nitrogens with zero attached hydrogens (tertiary/aromatic N) is 5. The lowest BCUT2D eigenvalue weighted by molar-refractivity contribution is -0.140. The summed E-state index contributed by atoms with van der Waals surface area (Å²) in [6, 6.07) is 2.18. The number of carbonyl (C=O) groups is 2. The first-order valence-electron chi connectivity index (χ1n) is 12.9. The van der Waals surface area contributed by atoms with Gasteiger partial charge >= 0.3 is 5.92 Å². The third-order valence-electron chi connectivity index (χ3n) is 6.98. The van der Waals surface area contributed by atoms with Crippen molar-refractivity contribution < 1.29 is 27.5 Å². The minimum Gasteiger partial charge on any atom is -0.495 e. The minimum atomic E-state index is -3.60. The number of ether oxygens (including phenoxy) is 1. The molecule has 13 heteroatoms. The summed E-state index contributed by atoms with van der Waals surface area (Å²) in [6.07, 6.45) is 5.21. The van der Waals surface area contributed by atoms with Crippen molar-refractivity contribution in [2.45, 2.75) is 44.1 Å². The molecule has 1 aromatic heterocycles. The number of fused-ring (bicyclic) bond motifs is 1. The zero-order valence-electron chi connectivity index (χ0n) is 22.6. The predicted octanol–water partition coefficient (Wildman–Crippen LogP) is 3.41. The molecule has 0 unspecified atom stereocenters. The lowest BCUT2D eigenvalue weighted by Crippen LogP contribution is -2.48. The summed E-state index contributed by atoms with van der Waals surface area (Å²) in [5, 5.41) is 5.58. The Bertz CT molecular complexity index is 1220. The van der Waals surface area contributed by atoms with Gasteiger partial charge in [-0.05, 0) is 46.0 Å².